The van der Waals surface area contributed by atoms with Crippen molar-refractivity contribution in [3.8, 4) is 0 Å². The lowest BCUT2D eigenvalue weighted by Gasteiger charge is -2.08. The molecule has 88 valence electrons. The van der Waals surface area contributed by atoms with Crippen LogP contribution in [-0.4, -0.2) is 27.5 Å². The van der Waals surface area contributed by atoms with Gasteiger partial charge in [0.2, 0.25) is 0 Å². The van der Waals surface area contributed by atoms with E-state index >= 15 is 0 Å². The average Bonchev–Trinajstić information content (AvgIpc) is 2.24. The van der Waals surface area contributed by atoms with Crippen LogP contribution in [-0.2, 0) is 9.84 Å². The van der Waals surface area contributed by atoms with Gasteiger partial charge >= 0.3 is 0 Å². The number of sulfone groups is 1. The van der Waals surface area contributed by atoms with Gasteiger partial charge in [-0.1, -0.05) is 24.3 Å². The second-order valence-electron chi connectivity index (χ2n) is 3.29. The Morgan fingerprint density at radius 2 is 2.12 bits per heavy atom. The van der Waals surface area contributed by atoms with Gasteiger partial charge in [0.15, 0.2) is 9.84 Å². The fourth-order valence-corrected chi connectivity index (χ4v) is 3.50. The molecule has 1 rings (SSSR count). The highest BCUT2D eigenvalue weighted by Gasteiger charge is 2.14. The predicted octanol–water partition coefficient (Wildman–Crippen LogP) is 1.78. The summed E-state index contributed by atoms with van der Waals surface area (Å²) in [6.45, 7) is 0.441. The lowest BCUT2D eigenvalue weighted by atomic mass is 10.2. The number of rotatable bonds is 4. The van der Waals surface area contributed by atoms with Crippen LogP contribution < -0.4 is 5.73 Å². The number of thioether (sulfide) groups is 1. The van der Waals surface area contributed by atoms with Crippen molar-refractivity contribution in [3.63, 3.8) is 0 Å². The third kappa shape index (κ3) is 3.10. The minimum absolute atomic E-state index is 0.374. The van der Waals surface area contributed by atoms with Crippen molar-refractivity contribution in [1.82, 2.24) is 0 Å². The summed E-state index contributed by atoms with van der Waals surface area (Å²) in [5.41, 5.74) is 6.27. The minimum atomic E-state index is -3.18. The first-order valence-corrected chi connectivity index (χ1v) is 7.86. The monoisotopic (exact) mass is 257 g/mol. The van der Waals surface area contributed by atoms with Crippen molar-refractivity contribution in [2.45, 2.75) is 9.79 Å². The summed E-state index contributed by atoms with van der Waals surface area (Å²) < 4.78 is 23.2. The Morgan fingerprint density at radius 3 is 2.62 bits per heavy atom. The maximum atomic E-state index is 11.6. The van der Waals surface area contributed by atoms with Gasteiger partial charge in [-0.25, -0.2) is 8.42 Å². The van der Waals surface area contributed by atoms with Crippen molar-refractivity contribution in [3.05, 3.63) is 29.8 Å². The Kier molecular flexibility index (Phi) is 4.58. The number of nitrogens with two attached hydrogens (primary N) is 1. The predicted molar refractivity (Wildman–Crippen MR) is 69.4 cm³/mol. The quantitative estimate of drug-likeness (QED) is 0.835. The molecule has 0 unspecified atom stereocenters. The maximum Gasteiger partial charge on any atom is 0.176 e. The number of hydrogen-bond donors (Lipinski definition) is 1. The van der Waals surface area contributed by atoms with E-state index in [2.05, 4.69) is 0 Å². The summed E-state index contributed by atoms with van der Waals surface area (Å²) in [4.78, 5) is 1.15. The second-order valence-corrected chi connectivity index (χ2v) is 6.09. The van der Waals surface area contributed by atoms with Gasteiger partial charge in [0.1, 0.15) is 0 Å². The molecule has 0 spiro atoms. The molecule has 0 atom stereocenters. The van der Waals surface area contributed by atoms with Crippen molar-refractivity contribution in [1.29, 1.82) is 0 Å². The van der Waals surface area contributed by atoms with E-state index in [0.29, 0.717) is 11.4 Å². The highest BCUT2D eigenvalue weighted by molar-refractivity contribution is 7.99. The molecule has 0 fully saturated rings. The zero-order valence-corrected chi connectivity index (χ0v) is 10.9. The zero-order valence-electron chi connectivity index (χ0n) is 9.30. The number of hydrogen-bond acceptors (Lipinski definition) is 4. The molecule has 0 amide bonds. The fourth-order valence-electron chi connectivity index (χ4n) is 1.37. The van der Waals surface area contributed by atoms with Crippen LogP contribution in [0.3, 0.4) is 0 Å². The summed E-state index contributed by atoms with van der Waals surface area (Å²) in [6.07, 6.45) is 6.74. The first-order valence-electron chi connectivity index (χ1n) is 4.74. The van der Waals surface area contributed by atoms with Crippen molar-refractivity contribution >= 4 is 27.7 Å². The van der Waals surface area contributed by atoms with Crippen LogP contribution in [0.25, 0.3) is 6.08 Å². The third-order valence-corrected chi connectivity index (χ3v) is 4.18. The molecule has 0 aliphatic heterocycles. The first-order chi connectivity index (χ1) is 7.50. The van der Waals surface area contributed by atoms with Crippen LogP contribution in [0.2, 0.25) is 0 Å². The molecule has 0 saturated carbocycles. The summed E-state index contributed by atoms with van der Waals surface area (Å²) in [7, 11) is -3.18. The van der Waals surface area contributed by atoms with Gasteiger partial charge in [-0.2, -0.15) is 0 Å². The van der Waals surface area contributed by atoms with E-state index < -0.39 is 9.84 Å². The van der Waals surface area contributed by atoms with Crippen molar-refractivity contribution in [2.75, 3.05) is 19.1 Å². The van der Waals surface area contributed by atoms with E-state index in [-0.39, 0.29) is 0 Å². The van der Waals surface area contributed by atoms with E-state index in [1.807, 2.05) is 18.4 Å². The van der Waals surface area contributed by atoms with Crippen LogP contribution in [0.4, 0.5) is 0 Å². The van der Waals surface area contributed by atoms with Crippen LogP contribution >= 0.6 is 11.8 Å². The molecule has 1 aromatic carbocycles. The van der Waals surface area contributed by atoms with Gasteiger partial charge in [0.05, 0.1) is 4.90 Å². The Bertz CT molecular complexity index is 493. The molecule has 0 aliphatic carbocycles. The Hall–Kier alpha value is -0.780. The highest BCUT2D eigenvalue weighted by atomic mass is 32.2. The largest absolute Gasteiger partial charge is 0.327 e. The molecule has 1 aromatic rings. The Labute approximate surface area is 101 Å². The summed E-state index contributed by atoms with van der Waals surface area (Å²) in [5, 5.41) is 0. The van der Waals surface area contributed by atoms with Crippen LogP contribution in [0.15, 0.2) is 34.1 Å². The van der Waals surface area contributed by atoms with E-state index in [4.69, 9.17) is 5.73 Å². The van der Waals surface area contributed by atoms with Gasteiger partial charge in [-0.15, -0.1) is 11.8 Å². The molecule has 0 aliphatic rings. The first kappa shape index (κ1) is 13.3. The molecular formula is C11H15NO2S2. The van der Waals surface area contributed by atoms with Crippen LogP contribution in [0, 0.1) is 0 Å². The molecular weight excluding hydrogens is 242 g/mol. The maximum absolute atomic E-state index is 11.6. The molecule has 3 nitrogen and oxygen atoms in total. The van der Waals surface area contributed by atoms with E-state index in [1.165, 1.54) is 18.0 Å². The lowest BCUT2D eigenvalue weighted by Crippen LogP contribution is -2.00. The summed E-state index contributed by atoms with van der Waals surface area (Å²) >= 11 is 1.43. The summed E-state index contributed by atoms with van der Waals surface area (Å²) in [6, 6.07) is 5.25. The molecule has 0 bridgehead atoms. The molecule has 0 radical (unpaired) electrons. The molecule has 0 heterocycles. The topological polar surface area (TPSA) is 60.2 Å². The number of benzene rings is 1. The van der Waals surface area contributed by atoms with Crippen LogP contribution in [0.5, 0.6) is 0 Å². The Morgan fingerprint density at radius 1 is 1.44 bits per heavy atom. The normalized spacial score (nSPS) is 12.2. The third-order valence-electron chi connectivity index (χ3n) is 2.05. The second kappa shape index (κ2) is 5.52. The van der Waals surface area contributed by atoms with E-state index in [0.717, 1.165) is 10.5 Å². The molecule has 2 N–H and O–H groups in total. The molecule has 16 heavy (non-hydrogen) atoms. The average molecular weight is 257 g/mol. The van der Waals surface area contributed by atoms with E-state index in [1.54, 1.807) is 18.2 Å². The van der Waals surface area contributed by atoms with Gasteiger partial charge in [0, 0.05) is 17.7 Å². The SMILES string of the molecule is CSc1c(/C=C/CN)cccc1S(C)(=O)=O. The van der Waals surface area contributed by atoms with Gasteiger partial charge in [-0.05, 0) is 17.9 Å². The van der Waals surface area contributed by atoms with Crippen molar-refractivity contribution < 1.29 is 8.42 Å². The smallest absolute Gasteiger partial charge is 0.176 e. The van der Waals surface area contributed by atoms with Gasteiger partial charge in [0.25, 0.3) is 0 Å². The molecule has 5 heteroatoms. The Balaban J connectivity index is 3.38. The van der Waals surface area contributed by atoms with E-state index in [9.17, 15) is 8.42 Å². The molecule has 0 saturated heterocycles. The summed E-state index contributed by atoms with van der Waals surface area (Å²) in [5.74, 6) is 0. The highest BCUT2D eigenvalue weighted by Crippen LogP contribution is 2.29. The minimum Gasteiger partial charge on any atom is -0.327 e. The lowest BCUT2D eigenvalue weighted by molar-refractivity contribution is 0.600. The van der Waals surface area contributed by atoms with Gasteiger partial charge < -0.3 is 5.73 Å². The van der Waals surface area contributed by atoms with Gasteiger partial charge in [-0.3, -0.25) is 0 Å². The molecule has 0 aromatic heterocycles. The standard InChI is InChI=1S/C11H15NO2S2/c1-15-11-9(6-4-8-12)5-3-7-10(11)16(2,13)14/h3-7H,8,12H2,1-2H3/b6-4+. The van der Waals surface area contributed by atoms with Crippen molar-refractivity contribution in [2.24, 2.45) is 5.73 Å². The van der Waals surface area contributed by atoms with Crippen LogP contribution in [0.1, 0.15) is 5.56 Å². The zero-order chi connectivity index (χ0) is 12.2. The fraction of sp³-hybridized carbons (Fsp3) is 0.273.